The van der Waals surface area contributed by atoms with Crippen LogP contribution in [0.4, 0.5) is 0 Å². The van der Waals surface area contributed by atoms with E-state index in [9.17, 15) is 4.79 Å². The molecule has 3 aliphatic rings. The van der Waals surface area contributed by atoms with Gasteiger partial charge in [0, 0.05) is 24.7 Å². The zero-order valence-electron chi connectivity index (χ0n) is 12.0. The van der Waals surface area contributed by atoms with Crippen molar-refractivity contribution in [3.05, 3.63) is 23.8 Å². The summed E-state index contributed by atoms with van der Waals surface area (Å²) in [4.78, 5) is 14.9. The van der Waals surface area contributed by atoms with Crippen molar-refractivity contribution in [2.45, 2.75) is 18.9 Å². The molecule has 0 saturated carbocycles. The summed E-state index contributed by atoms with van der Waals surface area (Å²) in [7, 11) is 0. The molecule has 3 atom stereocenters. The third kappa shape index (κ3) is 2.58. The van der Waals surface area contributed by atoms with Crippen molar-refractivity contribution in [1.82, 2.24) is 10.2 Å². The van der Waals surface area contributed by atoms with Gasteiger partial charge in [0.25, 0.3) is 5.91 Å². The molecule has 3 heterocycles. The Balaban J connectivity index is 1.45. The normalized spacial score (nSPS) is 30.0. The molecule has 1 aromatic rings. The average molecular weight is 288 g/mol. The van der Waals surface area contributed by atoms with Gasteiger partial charge in [-0.1, -0.05) is 0 Å². The van der Waals surface area contributed by atoms with Gasteiger partial charge in [-0.05, 0) is 43.5 Å². The minimum atomic E-state index is -0.0144. The first-order valence-electron chi connectivity index (χ1n) is 7.71. The molecule has 112 valence electrons. The van der Waals surface area contributed by atoms with E-state index in [0.29, 0.717) is 24.5 Å². The van der Waals surface area contributed by atoms with Gasteiger partial charge in [-0.2, -0.15) is 0 Å². The Morgan fingerprint density at radius 2 is 2.05 bits per heavy atom. The van der Waals surface area contributed by atoms with Gasteiger partial charge in [0.15, 0.2) is 11.5 Å². The smallest absolute Gasteiger partial charge is 0.251 e. The van der Waals surface area contributed by atoms with Gasteiger partial charge in [-0.25, -0.2) is 0 Å². The number of benzene rings is 1. The molecular weight excluding hydrogens is 268 g/mol. The zero-order valence-corrected chi connectivity index (χ0v) is 12.0. The van der Waals surface area contributed by atoms with Crippen LogP contribution >= 0.6 is 0 Å². The van der Waals surface area contributed by atoms with E-state index >= 15 is 0 Å². The van der Waals surface area contributed by atoms with Crippen LogP contribution in [-0.4, -0.2) is 49.7 Å². The second-order valence-electron chi connectivity index (χ2n) is 6.18. The van der Waals surface area contributed by atoms with Gasteiger partial charge in [0.2, 0.25) is 0 Å². The topological polar surface area (TPSA) is 50.8 Å². The highest BCUT2D eigenvalue weighted by Gasteiger charge is 2.33. The van der Waals surface area contributed by atoms with E-state index in [4.69, 9.17) is 9.47 Å². The zero-order chi connectivity index (χ0) is 14.2. The fraction of sp³-hybridized carbons (Fsp3) is 0.562. The lowest BCUT2D eigenvalue weighted by molar-refractivity contribution is 0.0908. The molecule has 2 bridgehead atoms. The number of piperidine rings is 1. The number of nitrogens with one attached hydrogen (secondary N) is 1. The molecule has 5 heteroatoms. The Morgan fingerprint density at radius 3 is 2.90 bits per heavy atom. The second-order valence-corrected chi connectivity index (χ2v) is 6.18. The van der Waals surface area contributed by atoms with Crippen molar-refractivity contribution in [3.63, 3.8) is 0 Å². The molecule has 0 spiro atoms. The van der Waals surface area contributed by atoms with E-state index in [1.54, 1.807) is 12.1 Å². The second kappa shape index (κ2) is 5.22. The van der Waals surface area contributed by atoms with E-state index in [0.717, 1.165) is 24.6 Å². The SMILES string of the molecule is O=C(NC1CC2CCN(C2)C1)c1ccc2c(c1)OCCO2. The summed E-state index contributed by atoms with van der Waals surface area (Å²) in [6.45, 7) is 4.47. The fourth-order valence-electron chi connectivity index (χ4n) is 3.62. The molecule has 3 aliphatic heterocycles. The maximum Gasteiger partial charge on any atom is 0.251 e. The van der Waals surface area contributed by atoms with E-state index in [1.807, 2.05) is 6.07 Å². The Labute approximate surface area is 124 Å². The number of nitrogens with zero attached hydrogens (tertiary/aromatic N) is 1. The number of hydrogen-bond donors (Lipinski definition) is 1. The Morgan fingerprint density at radius 1 is 1.19 bits per heavy atom. The third-order valence-corrected chi connectivity index (χ3v) is 4.61. The lowest BCUT2D eigenvalue weighted by Gasteiger charge is -2.30. The van der Waals surface area contributed by atoms with Gasteiger partial charge in [-0.3, -0.25) is 4.79 Å². The molecule has 4 rings (SSSR count). The molecule has 1 amide bonds. The number of carbonyl (C=O) groups excluding carboxylic acids is 1. The van der Waals surface area contributed by atoms with E-state index in [2.05, 4.69) is 10.2 Å². The highest BCUT2D eigenvalue weighted by molar-refractivity contribution is 5.95. The number of hydrogen-bond acceptors (Lipinski definition) is 4. The molecule has 1 N–H and O–H groups in total. The summed E-state index contributed by atoms with van der Waals surface area (Å²) in [5, 5.41) is 3.17. The first-order chi connectivity index (χ1) is 10.3. The fourth-order valence-corrected chi connectivity index (χ4v) is 3.62. The Bertz CT molecular complexity index is 548. The Hall–Kier alpha value is -1.75. The van der Waals surface area contributed by atoms with Gasteiger partial charge in [-0.15, -0.1) is 0 Å². The van der Waals surface area contributed by atoms with Gasteiger partial charge >= 0.3 is 0 Å². The average Bonchev–Trinajstić information content (AvgIpc) is 2.85. The highest BCUT2D eigenvalue weighted by Crippen LogP contribution is 2.31. The van der Waals surface area contributed by atoms with Crippen molar-refractivity contribution in [2.75, 3.05) is 32.8 Å². The summed E-state index contributed by atoms with van der Waals surface area (Å²) in [6.07, 6.45) is 2.38. The number of ether oxygens (including phenoxy) is 2. The summed E-state index contributed by atoms with van der Waals surface area (Å²) in [6, 6.07) is 5.67. The molecule has 0 radical (unpaired) electrons. The van der Waals surface area contributed by atoms with Crippen molar-refractivity contribution in [1.29, 1.82) is 0 Å². The van der Waals surface area contributed by atoms with Crippen molar-refractivity contribution in [3.8, 4) is 11.5 Å². The summed E-state index contributed by atoms with van der Waals surface area (Å²) in [5.41, 5.74) is 0.646. The van der Waals surface area contributed by atoms with Crippen LogP contribution in [0.1, 0.15) is 23.2 Å². The van der Waals surface area contributed by atoms with Gasteiger partial charge < -0.3 is 19.7 Å². The lowest BCUT2D eigenvalue weighted by atomic mass is 9.96. The minimum Gasteiger partial charge on any atom is -0.486 e. The molecule has 3 unspecified atom stereocenters. The van der Waals surface area contributed by atoms with Crippen LogP contribution in [0.3, 0.4) is 0 Å². The molecule has 2 fully saturated rings. The summed E-state index contributed by atoms with van der Waals surface area (Å²) in [5.74, 6) is 2.13. The molecular formula is C16H20N2O3. The van der Waals surface area contributed by atoms with Crippen molar-refractivity contribution >= 4 is 5.91 Å². The number of fused-ring (bicyclic) bond motifs is 3. The van der Waals surface area contributed by atoms with Crippen LogP contribution in [-0.2, 0) is 0 Å². The third-order valence-electron chi connectivity index (χ3n) is 4.61. The van der Waals surface area contributed by atoms with Gasteiger partial charge in [0.1, 0.15) is 13.2 Å². The van der Waals surface area contributed by atoms with Crippen LogP contribution in [0.25, 0.3) is 0 Å². The van der Waals surface area contributed by atoms with E-state index < -0.39 is 0 Å². The Kier molecular flexibility index (Phi) is 3.22. The van der Waals surface area contributed by atoms with E-state index in [-0.39, 0.29) is 11.9 Å². The number of rotatable bonds is 2. The molecule has 0 aromatic heterocycles. The largest absolute Gasteiger partial charge is 0.486 e. The highest BCUT2D eigenvalue weighted by atomic mass is 16.6. The minimum absolute atomic E-state index is 0.0144. The summed E-state index contributed by atoms with van der Waals surface area (Å²) >= 11 is 0. The van der Waals surface area contributed by atoms with Crippen molar-refractivity contribution < 1.29 is 14.3 Å². The maximum atomic E-state index is 12.4. The van der Waals surface area contributed by atoms with E-state index in [1.165, 1.54) is 19.5 Å². The number of carbonyl (C=O) groups is 1. The van der Waals surface area contributed by atoms with Crippen LogP contribution in [0.2, 0.25) is 0 Å². The quantitative estimate of drug-likeness (QED) is 0.891. The summed E-state index contributed by atoms with van der Waals surface area (Å²) < 4.78 is 11.0. The first-order valence-corrected chi connectivity index (χ1v) is 7.71. The lowest BCUT2D eigenvalue weighted by Crippen LogP contribution is -2.47. The van der Waals surface area contributed by atoms with Crippen LogP contribution in [0.5, 0.6) is 11.5 Å². The standard InChI is InChI=1S/C16H20N2O3/c19-16(17-13-7-11-3-4-18(9-11)10-13)12-1-2-14-15(8-12)21-6-5-20-14/h1-2,8,11,13H,3-7,9-10H2,(H,17,19). The monoisotopic (exact) mass is 288 g/mol. The van der Waals surface area contributed by atoms with Gasteiger partial charge in [0.05, 0.1) is 0 Å². The molecule has 0 aliphatic carbocycles. The predicted molar refractivity (Wildman–Crippen MR) is 77.9 cm³/mol. The first kappa shape index (κ1) is 13.0. The molecule has 2 saturated heterocycles. The van der Waals surface area contributed by atoms with Crippen LogP contribution in [0, 0.1) is 5.92 Å². The van der Waals surface area contributed by atoms with Crippen LogP contribution < -0.4 is 14.8 Å². The molecule has 1 aromatic carbocycles. The van der Waals surface area contributed by atoms with Crippen molar-refractivity contribution in [2.24, 2.45) is 5.92 Å². The van der Waals surface area contributed by atoms with Crippen LogP contribution in [0.15, 0.2) is 18.2 Å². The molecule has 5 nitrogen and oxygen atoms in total. The molecule has 21 heavy (non-hydrogen) atoms. The number of amides is 1. The maximum absolute atomic E-state index is 12.4. The predicted octanol–water partition coefficient (Wildman–Crippen LogP) is 1.28.